The lowest BCUT2D eigenvalue weighted by Gasteiger charge is -2.26. The van der Waals surface area contributed by atoms with Gasteiger partial charge >= 0.3 is 0 Å². The van der Waals surface area contributed by atoms with E-state index >= 15 is 0 Å². The van der Waals surface area contributed by atoms with Gasteiger partial charge in [-0.3, -0.25) is 0 Å². The number of thiophene rings is 1. The van der Waals surface area contributed by atoms with E-state index in [0.717, 1.165) is 44.7 Å². The van der Waals surface area contributed by atoms with Crippen LogP contribution in [0.4, 0.5) is 17.1 Å². The molecule has 0 bridgehead atoms. The summed E-state index contributed by atoms with van der Waals surface area (Å²) in [6.45, 7) is 0. The molecular formula is C48H30N2OS. The SMILES string of the molecule is c1ccc(N(c2ccc(-c3cc(-n4c5ccccc5c5ccccc54)cc4c3sc3ccccc34)cc2)c2cccc3oc4ccccc4c23)cc1. The lowest BCUT2D eigenvalue weighted by Crippen LogP contribution is -2.10. The summed E-state index contributed by atoms with van der Waals surface area (Å²) in [6.07, 6.45) is 0. The van der Waals surface area contributed by atoms with Crippen LogP contribution in [0.5, 0.6) is 0 Å². The van der Waals surface area contributed by atoms with Crippen LogP contribution in [0.2, 0.25) is 0 Å². The first kappa shape index (κ1) is 29.1. The summed E-state index contributed by atoms with van der Waals surface area (Å²) in [7, 11) is 0. The smallest absolute Gasteiger partial charge is 0.137 e. The Balaban J connectivity index is 1.13. The van der Waals surface area contributed by atoms with Crippen molar-refractivity contribution < 1.29 is 4.42 Å². The zero-order valence-corrected chi connectivity index (χ0v) is 28.8. The van der Waals surface area contributed by atoms with Crippen molar-refractivity contribution in [1.29, 1.82) is 0 Å². The molecule has 0 aliphatic rings. The minimum Gasteiger partial charge on any atom is -0.456 e. The highest BCUT2D eigenvalue weighted by Crippen LogP contribution is 2.46. The maximum atomic E-state index is 6.33. The Hall–Kier alpha value is -6.62. The molecule has 0 aliphatic carbocycles. The second-order valence-electron chi connectivity index (χ2n) is 13.3. The molecule has 0 amide bonds. The van der Waals surface area contributed by atoms with Crippen LogP contribution < -0.4 is 4.90 Å². The van der Waals surface area contributed by atoms with E-state index in [1.54, 1.807) is 0 Å². The van der Waals surface area contributed by atoms with Gasteiger partial charge in [0.25, 0.3) is 0 Å². The Labute approximate surface area is 303 Å². The Kier molecular flexibility index (Phi) is 6.42. The molecule has 244 valence electrons. The van der Waals surface area contributed by atoms with Crippen LogP contribution in [-0.4, -0.2) is 4.57 Å². The van der Waals surface area contributed by atoms with E-state index in [1.165, 1.54) is 53.1 Å². The van der Waals surface area contributed by atoms with Crippen LogP contribution in [0.3, 0.4) is 0 Å². The van der Waals surface area contributed by atoms with Crippen LogP contribution >= 0.6 is 11.3 Å². The number of rotatable bonds is 5. The van der Waals surface area contributed by atoms with Gasteiger partial charge in [0.15, 0.2) is 0 Å². The fraction of sp³-hybridized carbons (Fsp3) is 0. The van der Waals surface area contributed by atoms with Gasteiger partial charge in [0.1, 0.15) is 11.2 Å². The Morgan fingerprint density at radius 3 is 1.85 bits per heavy atom. The first-order valence-corrected chi connectivity index (χ1v) is 18.4. The van der Waals surface area contributed by atoms with E-state index < -0.39 is 0 Å². The van der Waals surface area contributed by atoms with Crippen LogP contribution in [0.1, 0.15) is 0 Å². The molecule has 11 aromatic rings. The predicted molar refractivity (Wildman–Crippen MR) is 221 cm³/mol. The molecular weight excluding hydrogens is 653 g/mol. The molecule has 3 aromatic heterocycles. The average molecular weight is 683 g/mol. The molecule has 11 rings (SSSR count). The first-order chi connectivity index (χ1) is 25.8. The molecule has 3 heterocycles. The Bertz CT molecular complexity index is 3080. The normalized spacial score (nSPS) is 11.8. The van der Waals surface area contributed by atoms with Crippen molar-refractivity contribution in [3.63, 3.8) is 0 Å². The van der Waals surface area contributed by atoms with Gasteiger partial charge in [-0.05, 0) is 78.4 Å². The predicted octanol–water partition coefficient (Wildman–Crippen LogP) is 14.2. The fourth-order valence-electron chi connectivity index (χ4n) is 8.09. The van der Waals surface area contributed by atoms with E-state index in [1.807, 2.05) is 23.5 Å². The third kappa shape index (κ3) is 4.38. The molecule has 0 aliphatic heterocycles. The van der Waals surface area contributed by atoms with Crippen molar-refractivity contribution in [2.24, 2.45) is 0 Å². The number of anilines is 3. The highest BCUT2D eigenvalue weighted by atomic mass is 32.1. The summed E-state index contributed by atoms with van der Waals surface area (Å²) < 4.78 is 11.4. The van der Waals surface area contributed by atoms with E-state index in [9.17, 15) is 0 Å². The van der Waals surface area contributed by atoms with Gasteiger partial charge in [0, 0.05) is 59.0 Å². The van der Waals surface area contributed by atoms with Crippen molar-refractivity contribution in [1.82, 2.24) is 4.57 Å². The Morgan fingerprint density at radius 2 is 1.08 bits per heavy atom. The quantitative estimate of drug-likeness (QED) is 0.180. The third-order valence-corrected chi connectivity index (χ3v) is 11.6. The number of para-hydroxylation sites is 4. The lowest BCUT2D eigenvalue weighted by molar-refractivity contribution is 0.669. The van der Waals surface area contributed by atoms with Gasteiger partial charge in [-0.1, -0.05) is 109 Å². The highest BCUT2D eigenvalue weighted by Gasteiger charge is 2.21. The first-order valence-electron chi connectivity index (χ1n) is 17.6. The number of furan rings is 1. The van der Waals surface area contributed by atoms with Crippen LogP contribution in [0.25, 0.3) is 80.7 Å². The van der Waals surface area contributed by atoms with Crippen molar-refractivity contribution in [2.75, 3.05) is 4.90 Å². The summed E-state index contributed by atoms with van der Waals surface area (Å²) in [5.74, 6) is 0. The van der Waals surface area contributed by atoms with Crippen molar-refractivity contribution in [2.45, 2.75) is 0 Å². The largest absolute Gasteiger partial charge is 0.456 e. The zero-order valence-electron chi connectivity index (χ0n) is 28.0. The lowest BCUT2D eigenvalue weighted by atomic mass is 10.0. The average Bonchev–Trinajstić information content (AvgIpc) is 3.88. The number of fused-ring (bicyclic) bond motifs is 9. The zero-order chi connectivity index (χ0) is 34.2. The summed E-state index contributed by atoms with van der Waals surface area (Å²) in [5, 5.41) is 7.32. The molecule has 8 aromatic carbocycles. The molecule has 0 N–H and O–H groups in total. The van der Waals surface area contributed by atoms with Gasteiger partial charge in [0.2, 0.25) is 0 Å². The fourth-order valence-corrected chi connectivity index (χ4v) is 9.31. The number of benzene rings is 8. The van der Waals surface area contributed by atoms with Gasteiger partial charge in [-0.15, -0.1) is 11.3 Å². The van der Waals surface area contributed by atoms with E-state index in [0.29, 0.717) is 0 Å². The monoisotopic (exact) mass is 682 g/mol. The molecule has 52 heavy (non-hydrogen) atoms. The molecule has 3 nitrogen and oxygen atoms in total. The second-order valence-corrected chi connectivity index (χ2v) is 14.4. The maximum Gasteiger partial charge on any atom is 0.137 e. The van der Waals surface area contributed by atoms with E-state index in [4.69, 9.17) is 4.42 Å². The molecule has 0 unspecified atom stereocenters. The van der Waals surface area contributed by atoms with Gasteiger partial charge in [0.05, 0.1) is 22.1 Å². The van der Waals surface area contributed by atoms with E-state index in [2.05, 4.69) is 179 Å². The Morgan fingerprint density at radius 1 is 0.462 bits per heavy atom. The molecule has 0 atom stereocenters. The van der Waals surface area contributed by atoms with E-state index in [-0.39, 0.29) is 0 Å². The number of hydrogen-bond donors (Lipinski definition) is 0. The molecule has 0 fully saturated rings. The summed E-state index contributed by atoms with van der Waals surface area (Å²) in [5.41, 5.74) is 11.0. The minimum atomic E-state index is 0.880. The van der Waals surface area contributed by atoms with Crippen molar-refractivity contribution in [3.05, 3.63) is 182 Å². The number of hydrogen-bond acceptors (Lipinski definition) is 3. The van der Waals surface area contributed by atoms with Crippen LogP contribution in [0, 0.1) is 0 Å². The van der Waals surface area contributed by atoms with Crippen molar-refractivity contribution in [3.8, 4) is 16.8 Å². The summed E-state index contributed by atoms with van der Waals surface area (Å²) >= 11 is 1.87. The maximum absolute atomic E-state index is 6.33. The van der Waals surface area contributed by atoms with Crippen LogP contribution in [0.15, 0.2) is 186 Å². The topological polar surface area (TPSA) is 21.3 Å². The third-order valence-electron chi connectivity index (χ3n) is 10.4. The van der Waals surface area contributed by atoms with Gasteiger partial charge in [-0.2, -0.15) is 0 Å². The second kappa shape index (κ2) is 11.5. The van der Waals surface area contributed by atoms with Gasteiger partial charge < -0.3 is 13.9 Å². The minimum absolute atomic E-state index is 0.880. The standard InChI is InChI=1S/C48H30N2OS/c1-2-13-32(14-3-1)49(43-21-12-23-45-47(43)38-18-6-10-22-44(38)51-45)33-27-25-31(26-28-33)39-29-34(30-40-37-17-7-11-24-46(37)52-48(39)40)50-41-19-8-4-15-35(41)36-16-5-9-20-42(36)50/h1-30H. The van der Waals surface area contributed by atoms with Gasteiger partial charge in [-0.25, -0.2) is 0 Å². The summed E-state index contributed by atoms with van der Waals surface area (Å²) in [6, 6.07) is 65.4. The molecule has 0 radical (unpaired) electrons. The molecule has 4 heteroatoms. The van der Waals surface area contributed by atoms with Crippen molar-refractivity contribution >= 4 is 92.3 Å². The number of aromatic nitrogens is 1. The highest BCUT2D eigenvalue weighted by molar-refractivity contribution is 7.26. The molecule has 0 spiro atoms. The molecule has 0 saturated carbocycles. The van der Waals surface area contributed by atoms with Crippen LogP contribution in [-0.2, 0) is 0 Å². The molecule has 0 saturated heterocycles. The summed E-state index contributed by atoms with van der Waals surface area (Å²) in [4.78, 5) is 2.34. The number of nitrogens with zero attached hydrogens (tertiary/aromatic N) is 2.